The van der Waals surface area contributed by atoms with Gasteiger partial charge in [-0.25, -0.2) is 4.39 Å². The van der Waals surface area contributed by atoms with Crippen molar-refractivity contribution in [2.24, 2.45) is 7.05 Å². The molecule has 1 aliphatic carbocycles. The zero-order chi connectivity index (χ0) is 19.4. The Morgan fingerprint density at radius 1 is 1.26 bits per heavy atom. The Morgan fingerprint density at radius 2 is 1.93 bits per heavy atom. The first-order valence-electron chi connectivity index (χ1n) is 9.25. The van der Waals surface area contributed by atoms with Crippen LogP contribution in [0.25, 0.3) is 0 Å². The van der Waals surface area contributed by atoms with Crippen molar-refractivity contribution >= 4 is 11.9 Å². The number of carbonyl (C=O) groups excluding carboxylic acids is 1. The van der Waals surface area contributed by atoms with E-state index in [0.29, 0.717) is 11.1 Å². The molecule has 0 radical (unpaired) electrons. The summed E-state index contributed by atoms with van der Waals surface area (Å²) in [5, 5.41) is 16.7. The number of nitrogens with zero attached hydrogens (tertiary/aromatic N) is 2. The van der Waals surface area contributed by atoms with Gasteiger partial charge in [-0.2, -0.15) is 5.10 Å². The zero-order valence-electron chi connectivity index (χ0n) is 15.3. The van der Waals surface area contributed by atoms with Gasteiger partial charge in [-0.15, -0.1) is 0 Å². The standard InChI is InChI=1S/C20H24FN3O3/c1-24-12-17(18(23-24)14-5-3-2-4-6-14)19(25)22-11-16(20(26)27)13-7-9-15(21)10-8-13/h7-10,12,14,16H,2-6,11H2,1H3,(H,22,25)(H,26,27). The lowest BCUT2D eigenvalue weighted by molar-refractivity contribution is -0.138. The van der Waals surface area contributed by atoms with E-state index in [4.69, 9.17) is 0 Å². The van der Waals surface area contributed by atoms with Gasteiger partial charge in [0.1, 0.15) is 5.82 Å². The lowest BCUT2D eigenvalue weighted by atomic mass is 9.85. The molecule has 27 heavy (non-hydrogen) atoms. The minimum Gasteiger partial charge on any atom is -0.481 e. The van der Waals surface area contributed by atoms with Gasteiger partial charge in [0.2, 0.25) is 0 Å². The summed E-state index contributed by atoms with van der Waals surface area (Å²) in [6, 6.07) is 5.29. The van der Waals surface area contributed by atoms with Crippen molar-refractivity contribution in [3.63, 3.8) is 0 Å². The van der Waals surface area contributed by atoms with Crippen LogP contribution in [0.1, 0.15) is 65.6 Å². The number of rotatable bonds is 6. The summed E-state index contributed by atoms with van der Waals surface area (Å²) in [6.45, 7) is -0.0706. The van der Waals surface area contributed by atoms with Crippen molar-refractivity contribution in [1.29, 1.82) is 0 Å². The van der Waals surface area contributed by atoms with Gasteiger partial charge in [-0.05, 0) is 30.5 Å². The third-order valence-corrected chi connectivity index (χ3v) is 5.13. The second kappa shape index (κ2) is 8.33. The fourth-order valence-electron chi connectivity index (χ4n) is 3.69. The molecule has 144 valence electrons. The van der Waals surface area contributed by atoms with Crippen molar-refractivity contribution < 1.29 is 19.1 Å². The predicted molar refractivity (Wildman–Crippen MR) is 98.1 cm³/mol. The molecule has 1 aromatic carbocycles. The highest BCUT2D eigenvalue weighted by atomic mass is 19.1. The normalized spacial score (nSPS) is 16.1. The Morgan fingerprint density at radius 3 is 2.56 bits per heavy atom. The highest BCUT2D eigenvalue weighted by Crippen LogP contribution is 2.33. The Kier molecular flexibility index (Phi) is 5.88. The van der Waals surface area contributed by atoms with Crippen LogP contribution in [0.5, 0.6) is 0 Å². The first kappa shape index (κ1) is 19.1. The quantitative estimate of drug-likeness (QED) is 0.814. The first-order chi connectivity index (χ1) is 13.0. The van der Waals surface area contributed by atoms with Crippen molar-refractivity contribution in [3.8, 4) is 0 Å². The molecule has 0 saturated heterocycles. The van der Waals surface area contributed by atoms with Gasteiger partial charge in [0.25, 0.3) is 5.91 Å². The first-order valence-corrected chi connectivity index (χ1v) is 9.25. The molecule has 1 unspecified atom stereocenters. The molecule has 0 bridgehead atoms. The number of aromatic nitrogens is 2. The number of halogens is 1. The molecule has 1 aromatic heterocycles. The molecule has 0 aliphatic heterocycles. The Hall–Kier alpha value is -2.70. The molecule has 1 fully saturated rings. The van der Waals surface area contributed by atoms with E-state index in [2.05, 4.69) is 10.4 Å². The van der Waals surface area contributed by atoms with Crippen LogP contribution in [0.15, 0.2) is 30.5 Å². The van der Waals surface area contributed by atoms with Crippen molar-refractivity contribution in [3.05, 3.63) is 53.1 Å². The number of carbonyl (C=O) groups is 2. The number of aryl methyl sites for hydroxylation is 1. The molecule has 1 amide bonds. The SMILES string of the molecule is Cn1cc(C(=O)NCC(C(=O)O)c2ccc(F)cc2)c(C2CCCCC2)n1. The molecular formula is C20H24FN3O3. The third kappa shape index (κ3) is 4.53. The van der Waals surface area contributed by atoms with Crippen LogP contribution in [0.4, 0.5) is 4.39 Å². The summed E-state index contributed by atoms with van der Waals surface area (Å²) >= 11 is 0. The molecule has 0 spiro atoms. The van der Waals surface area contributed by atoms with Crippen LogP contribution in [0, 0.1) is 5.82 Å². The van der Waals surface area contributed by atoms with E-state index in [-0.39, 0.29) is 18.4 Å². The number of carboxylic acids is 1. The van der Waals surface area contributed by atoms with Crippen LogP contribution in [0.3, 0.4) is 0 Å². The monoisotopic (exact) mass is 373 g/mol. The number of hydrogen-bond donors (Lipinski definition) is 2. The molecule has 6 nitrogen and oxygen atoms in total. The third-order valence-electron chi connectivity index (χ3n) is 5.13. The number of aliphatic carboxylic acids is 1. The van der Waals surface area contributed by atoms with Crippen LogP contribution < -0.4 is 5.32 Å². The topological polar surface area (TPSA) is 84.2 Å². The van der Waals surface area contributed by atoms with Crippen LogP contribution in [-0.4, -0.2) is 33.3 Å². The van der Waals surface area contributed by atoms with Crippen molar-refractivity contribution in [2.45, 2.75) is 43.9 Å². The van der Waals surface area contributed by atoms with E-state index in [9.17, 15) is 19.1 Å². The van der Waals surface area contributed by atoms with Gasteiger partial charge >= 0.3 is 5.97 Å². The lowest BCUT2D eigenvalue weighted by Crippen LogP contribution is -2.32. The summed E-state index contributed by atoms with van der Waals surface area (Å²) < 4.78 is 14.7. The van der Waals surface area contributed by atoms with Gasteiger partial charge in [-0.1, -0.05) is 31.4 Å². The van der Waals surface area contributed by atoms with Crippen molar-refractivity contribution in [1.82, 2.24) is 15.1 Å². The Balaban J connectivity index is 1.73. The average Bonchev–Trinajstić information content (AvgIpc) is 3.05. The number of hydrogen-bond acceptors (Lipinski definition) is 3. The van der Waals surface area contributed by atoms with E-state index in [0.717, 1.165) is 31.4 Å². The maximum absolute atomic E-state index is 13.1. The molecule has 2 N–H and O–H groups in total. The van der Waals surface area contributed by atoms with E-state index in [1.165, 1.54) is 30.7 Å². The van der Waals surface area contributed by atoms with Gasteiger partial charge < -0.3 is 10.4 Å². The zero-order valence-corrected chi connectivity index (χ0v) is 15.3. The summed E-state index contributed by atoms with van der Waals surface area (Å²) in [5.41, 5.74) is 1.75. The smallest absolute Gasteiger partial charge is 0.312 e. The van der Waals surface area contributed by atoms with E-state index in [1.807, 2.05) is 0 Å². The molecule has 1 saturated carbocycles. The molecule has 2 aromatic rings. The molecule has 1 heterocycles. The van der Waals surface area contributed by atoms with Crippen LogP contribution >= 0.6 is 0 Å². The molecule has 1 aliphatic rings. The number of nitrogens with one attached hydrogen (secondary N) is 1. The molecular weight excluding hydrogens is 349 g/mol. The Bertz CT molecular complexity index is 810. The summed E-state index contributed by atoms with van der Waals surface area (Å²) in [4.78, 5) is 24.3. The van der Waals surface area contributed by atoms with E-state index < -0.39 is 17.7 Å². The minimum absolute atomic E-state index is 0.0706. The van der Waals surface area contributed by atoms with Gasteiger partial charge in [0.15, 0.2) is 0 Å². The fraction of sp³-hybridized carbons (Fsp3) is 0.450. The molecule has 7 heteroatoms. The largest absolute Gasteiger partial charge is 0.481 e. The van der Waals surface area contributed by atoms with E-state index >= 15 is 0 Å². The van der Waals surface area contributed by atoms with Gasteiger partial charge in [0, 0.05) is 25.7 Å². The highest BCUT2D eigenvalue weighted by molar-refractivity contribution is 5.95. The summed E-state index contributed by atoms with van der Waals surface area (Å²) in [5.74, 6) is -2.49. The van der Waals surface area contributed by atoms with Crippen molar-refractivity contribution in [2.75, 3.05) is 6.54 Å². The fourth-order valence-corrected chi connectivity index (χ4v) is 3.69. The maximum atomic E-state index is 13.1. The molecule has 1 atom stereocenters. The number of amides is 1. The molecule has 3 rings (SSSR count). The number of benzene rings is 1. The highest BCUT2D eigenvalue weighted by Gasteiger charge is 2.26. The summed E-state index contributed by atoms with van der Waals surface area (Å²) in [7, 11) is 1.78. The minimum atomic E-state index is -1.07. The average molecular weight is 373 g/mol. The van der Waals surface area contributed by atoms with Gasteiger partial charge in [-0.3, -0.25) is 14.3 Å². The Labute approximate surface area is 157 Å². The number of carboxylic acid groups (broad SMARTS) is 1. The lowest BCUT2D eigenvalue weighted by Gasteiger charge is -2.21. The van der Waals surface area contributed by atoms with E-state index in [1.54, 1.807) is 17.9 Å². The van der Waals surface area contributed by atoms with Crippen LogP contribution in [0.2, 0.25) is 0 Å². The van der Waals surface area contributed by atoms with Gasteiger partial charge in [0.05, 0.1) is 17.2 Å². The van der Waals surface area contributed by atoms with Crippen LogP contribution in [-0.2, 0) is 11.8 Å². The predicted octanol–water partition coefficient (Wildman–Crippen LogP) is 3.21. The summed E-state index contributed by atoms with van der Waals surface area (Å²) in [6.07, 6.45) is 7.20. The second-order valence-corrected chi connectivity index (χ2v) is 7.09. The second-order valence-electron chi connectivity index (χ2n) is 7.09. The maximum Gasteiger partial charge on any atom is 0.312 e.